The van der Waals surface area contributed by atoms with Gasteiger partial charge < -0.3 is 24.2 Å². The number of hydrogen-bond acceptors (Lipinski definition) is 6. The van der Waals surface area contributed by atoms with Crippen LogP contribution in [0.2, 0.25) is 0 Å². The van der Waals surface area contributed by atoms with E-state index < -0.39 is 0 Å². The van der Waals surface area contributed by atoms with Crippen molar-refractivity contribution < 1.29 is 0 Å². The maximum absolute atomic E-state index is 2.71. The molecule has 0 radical (unpaired) electrons. The zero-order valence-corrected chi connectivity index (χ0v) is 43.4. The molecule has 1 aromatic heterocycles. The minimum Gasteiger partial charge on any atom is -0.342 e. The fourth-order valence-corrected chi connectivity index (χ4v) is 17.8. The van der Waals surface area contributed by atoms with Crippen LogP contribution in [0.4, 0.5) is 45.5 Å². The van der Waals surface area contributed by atoms with Crippen LogP contribution in [0.15, 0.2) is 183 Å². The summed E-state index contributed by atoms with van der Waals surface area (Å²) in [6.07, 6.45) is 9.21. The Morgan fingerprint density at radius 2 is 0.773 bits per heavy atom. The van der Waals surface area contributed by atoms with Gasteiger partial charge in [0, 0.05) is 108 Å². The Labute approximate surface area is 447 Å². The number of anilines is 8. The average molecular weight is 1000 g/mol. The number of para-hydroxylation sites is 5. The standard InChI is InChI=1S/C66H51B2N5S2/c1-2-22-44(23-3-1)73-55-38-59-51(67-49-24-8-16-42-20-12-30-71(65(42)49)57-32-45(34-61(74-59)63(57)67)69-28-10-18-40-14-4-6-26-53(40)69)36-47(55)48-37-52-60(39-56(48)73)75-62-35-46(70-29-11-19-41-15-5-7-27-54(41)70)33-58-64(62)68(52)50-25-9-17-43-21-13-31-72(58)66(43)50/h1-9,14-17,22-27,32-39H,10-13,18-21,28-31H2. The van der Waals surface area contributed by atoms with Gasteiger partial charge in [-0.2, -0.15) is 0 Å². The molecule has 8 aliphatic heterocycles. The highest BCUT2D eigenvalue weighted by Crippen LogP contribution is 2.49. The molecule has 0 fully saturated rings. The van der Waals surface area contributed by atoms with E-state index in [2.05, 4.69) is 188 Å². The van der Waals surface area contributed by atoms with Crippen LogP contribution in [-0.4, -0.2) is 44.2 Å². The Morgan fingerprint density at radius 3 is 1.28 bits per heavy atom. The fourth-order valence-electron chi connectivity index (χ4n) is 15.4. The molecule has 0 spiro atoms. The third-order valence-electron chi connectivity index (χ3n) is 18.4. The van der Waals surface area contributed by atoms with E-state index in [0.29, 0.717) is 0 Å². The molecule has 0 amide bonds. The molecule has 0 saturated heterocycles. The number of fused-ring (bicyclic) bond motifs is 13. The Morgan fingerprint density at radius 1 is 0.333 bits per heavy atom. The van der Waals surface area contributed by atoms with Crippen molar-refractivity contribution in [2.75, 3.05) is 45.8 Å². The maximum atomic E-state index is 2.71. The Bertz CT molecular complexity index is 3920. The number of rotatable bonds is 3. The van der Waals surface area contributed by atoms with Gasteiger partial charge >= 0.3 is 0 Å². The van der Waals surface area contributed by atoms with Crippen molar-refractivity contribution in [1.82, 2.24) is 4.57 Å². The quantitative estimate of drug-likeness (QED) is 0.163. The first-order chi connectivity index (χ1) is 37.2. The lowest BCUT2D eigenvalue weighted by atomic mass is 9.34. The molecule has 0 bridgehead atoms. The van der Waals surface area contributed by atoms with Gasteiger partial charge in [0.05, 0.1) is 11.0 Å². The van der Waals surface area contributed by atoms with E-state index in [1.54, 1.807) is 0 Å². The second kappa shape index (κ2) is 15.7. The summed E-state index contributed by atoms with van der Waals surface area (Å²) >= 11 is 4.02. The summed E-state index contributed by atoms with van der Waals surface area (Å²) in [4.78, 5) is 16.2. The van der Waals surface area contributed by atoms with Crippen LogP contribution in [0.1, 0.15) is 47.9 Å². The molecule has 9 aromatic carbocycles. The van der Waals surface area contributed by atoms with Gasteiger partial charge in [0.25, 0.3) is 0 Å². The predicted molar refractivity (Wildman–Crippen MR) is 318 cm³/mol. The Kier molecular flexibility index (Phi) is 8.80. The van der Waals surface area contributed by atoms with E-state index in [1.165, 1.54) is 160 Å². The van der Waals surface area contributed by atoms with Crippen molar-refractivity contribution in [3.05, 3.63) is 186 Å². The predicted octanol–water partition coefficient (Wildman–Crippen LogP) is 11.7. The molecule has 18 rings (SSSR count). The summed E-state index contributed by atoms with van der Waals surface area (Å²) in [6.45, 7) is 4.45. The van der Waals surface area contributed by atoms with Crippen molar-refractivity contribution in [1.29, 1.82) is 0 Å². The van der Waals surface area contributed by atoms with E-state index in [4.69, 9.17) is 0 Å². The van der Waals surface area contributed by atoms with Crippen molar-refractivity contribution in [3.63, 3.8) is 0 Å². The number of hydrogen-bond donors (Lipinski definition) is 0. The van der Waals surface area contributed by atoms with E-state index in [0.717, 1.165) is 64.7 Å². The zero-order chi connectivity index (χ0) is 48.6. The van der Waals surface area contributed by atoms with Crippen molar-refractivity contribution in [2.45, 2.75) is 70.9 Å². The molecule has 0 aliphatic carbocycles. The molecule has 0 unspecified atom stereocenters. The SMILES string of the molecule is c1ccc(-n2c3cc4c(cc3c3cc5c(cc32)Sc2cc(N3CCCc6ccccc63)cc3c2B5c2cccc5c2N3CCC5)B2c3cccc5c3N(CCC5)c3cc(N5CCCc6ccccc65)cc(c32)S4)cc1. The van der Waals surface area contributed by atoms with Gasteiger partial charge in [0.2, 0.25) is 13.4 Å². The minimum absolute atomic E-state index is 0.140. The van der Waals surface area contributed by atoms with Crippen LogP contribution < -0.4 is 52.4 Å². The summed E-state index contributed by atoms with van der Waals surface area (Å²) in [5, 5.41) is 2.69. The molecule has 9 heterocycles. The lowest BCUT2D eigenvalue weighted by molar-refractivity contribution is 0.761. The lowest BCUT2D eigenvalue weighted by Gasteiger charge is -2.44. The number of aryl methyl sites for hydroxylation is 4. The largest absolute Gasteiger partial charge is 0.342 e. The van der Waals surface area contributed by atoms with Crippen LogP contribution in [0.3, 0.4) is 0 Å². The summed E-state index contributed by atoms with van der Waals surface area (Å²) in [5.74, 6) is 0. The second-order valence-electron chi connectivity index (χ2n) is 22.3. The van der Waals surface area contributed by atoms with Crippen LogP contribution in [-0.2, 0) is 25.7 Å². The van der Waals surface area contributed by atoms with E-state index in [9.17, 15) is 0 Å². The fraction of sp³-hybridized carbons (Fsp3) is 0.182. The van der Waals surface area contributed by atoms with Crippen LogP contribution in [0, 0.1) is 0 Å². The van der Waals surface area contributed by atoms with Crippen molar-refractivity contribution >= 4 is 137 Å². The van der Waals surface area contributed by atoms with Crippen molar-refractivity contribution in [3.8, 4) is 5.69 Å². The summed E-state index contributed by atoms with van der Waals surface area (Å²) < 4.78 is 2.59. The summed E-state index contributed by atoms with van der Waals surface area (Å²) in [7, 11) is 0. The molecule has 0 saturated carbocycles. The second-order valence-corrected chi connectivity index (χ2v) is 24.5. The topological polar surface area (TPSA) is 17.9 Å². The smallest absolute Gasteiger partial charge is 0.249 e. The first kappa shape index (κ1) is 42.1. The number of benzene rings is 9. The van der Waals surface area contributed by atoms with Gasteiger partial charge in [-0.05, 0) is 156 Å². The number of aromatic nitrogens is 1. The van der Waals surface area contributed by atoms with E-state index >= 15 is 0 Å². The van der Waals surface area contributed by atoms with Gasteiger partial charge in [-0.1, -0.05) is 138 Å². The van der Waals surface area contributed by atoms with Gasteiger partial charge in [-0.15, -0.1) is 0 Å². The van der Waals surface area contributed by atoms with Crippen LogP contribution >= 0.6 is 23.5 Å². The minimum atomic E-state index is 0.140. The van der Waals surface area contributed by atoms with Gasteiger partial charge in [0.1, 0.15) is 0 Å². The van der Waals surface area contributed by atoms with Gasteiger partial charge in [0.15, 0.2) is 0 Å². The normalized spacial score (nSPS) is 17.0. The highest BCUT2D eigenvalue weighted by molar-refractivity contribution is 8.00. The van der Waals surface area contributed by atoms with Crippen LogP contribution in [0.5, 0.6) is 0 Å². The molecular weight excluding hydrogens is 949 g/mol. The average Bonchev–Trinajstić information content (AvgIpc) is 3.80. The first-order valence-corrected chi connectivity index (χ1v) is 29.2. The zero-order valence-electron chi connectivity index (χ0n) is 41.8. The molecule has 10 aromatic rings. The Balaban J connectivity index is 0.874. The molecule has 9 heteroatoms. The molecule has 0 N–H and O–H groups in total. The monoisotopic (exact) mass is 999 g/mol. The highest BCUT2D eigenvalue weighted by atomic mass is 32.2. The van der Waals surface area contributed by atoms with Crippen LogP contribution in [0.25, 0.3) is 27.5 Å². The van der Waals surface area contributed by atoms with Gasteiger partial charge in [-0.25, -0.2) is 0 Å². The molecular formula is C66H51B2N5S2. The molecule has 5 nitrogen and oxygen atoms in total. The van der Waals surface area contributed by atoms with E-state index in [1.807, 2.05) is 23.5 Å². The molecule has 75 heavy (non-hydrogen) atoms. The van der Waals surface area contributed by atoms with Gasteiger partial charge in [-0.3, -0.25) is 0 Å². The molecule has 0 atom stereocenters. The summed E-state index contributed by atoms with van der Waals surface area (Å²) in [5.41, 5.74) is 29.6. The lowest BCUT2D eigenvalue weighted by Crippen LogP contribution is -2.61. The third-order valence-corrected chi connectivity index (χ3v) is 20.7. The van der Waals surface area contributed by atoms with Crippen molar-refractivity contribution in [2.24, 2.45) is 0 Å². The van der Waals surface area contributed by atoms with E-state index in [-0.39, 0.29) is 13.4 Å². The summed E-state index contributed by atoms with van der Waals surface area (Å²) in [6, 6.07) is 64.6. The molecule has 8 aliphatic rings. The molecule has 358 valence electrons. The Hall–Kier alpha value is -7.19. The third kappa shape index (κ3) is 5.86. The number of nitrogens with zero attached hydrogens (tertiary/aromatic N) is 5. The highest BCUT2D eigenvalue weighted by Gasteiger charge is 2.45. The first-order valence-electron chi connectivity index (χ1n) is 27.6. The maximum Gasteiger partial charge on any atom is 0.249 e.